The fourth-order valence-corrected chi connectivity index (χ4v) is 3.45. The molecule has 2 aromatic carbocycles. The van der Waals surface area contributed by atoms with Gasteiger partial charge < -0.3 is 4.74 Å². The van der Waals surface area contributed by atoms with Crippen molar-refractivity contribution in [2.45, 2.75) is 51.4 Å². The Morgan fingerprint density at radius 1 is 0.917 bits per heavy atom. The van der Waals surface area contributed by atoms with Crippen LogP contribution >= 0.6 is 0 Å². The molecule has 0 spiro atoms. The van der Waals surface area contributed by atoms with E-state index in [1.54, 1.807) is 6.07 Å². The third-order valence-corrected chi connectivity index (χ3v) is 4.81. The molecule has 0 saturated heterocycles. The Labute approximate surface area is 142 Å². The second-order valence-electron chi connectivity index (χ2n) is 6.54. The Morgan fingerprint density at radius 2 is 1.62 bits per heavy atom. The highest BCUT2D eigenvalue weighted by atomic mass is 19.2. The standard InChI is InChI=1S/C21H24F2O/c1-2-14-24-19-13-12-18(20(22)21(19)23)17-10-8-16(9-11-17)15-6-4-3-5-7-15/h8-13,15H,2-7,14H2,1H3. The molecule has 1 aliphatic carbocycles. The zero-order chi connectivity index (χ0) is 16.9. The molecule has 0 unspecified atom stereocenters. The van der Waals surface area contributed by atoms with Crippen LogP contribution in [0.2, 0.25) is 0 Å². The van der Waals surface area contributed by atoms with Gasteiger partial charge in [0.15, 0.2) is 11.6 Å². The predicted octanol–water partition coefficient (Wildman–Crippen LogP) is 6.47. The molecular formula is C21H24F2O. The van der Waals surface area contributed by atoms with Crippen molar-refractivity contribution in [3.8, 4) is 16.9 Å². The Kier molecular flexibility index (Phi) is 5.49. The van der Waals surface area contributed by atoms with E-state index in [0.29, 0.717) is 18.1 Å². The molecule has 1 fully saturated rings. The van der Waals surface area contributed by atoms with Crippen molar-refractivity contribution in [3.05, 3.63) is 53.6 Å². The summed E-state index contributed by atoms with van der Waals surface area (Å²) in [6, 6.07) is 11.0. The first kappa shape index (κ1) is 16.9. The molecule has 128 valence electrons. The summed E-state index contributed by atoms with van der Waals surface area (Å²) in [7, 11) is 0. The summed E-state index contributed by atoms with van der Waals surface area (Å²) in [5.74, 6) is -1.15. The van der Waals surface area contributed by atoms with Crippen LogP contribution in [0.1, 0.15) is 56.9 Å². The average Bonchev–Trinajstić information content (AvgIpc) is 2.64. The maximum atomic E-state index is 14.4. The summed E-state index contributed by atoms with van der Waals surface area (Å²) in [4.78, 5) is 0. The first-order chi connectivity index (χ1) is 11.7. The maximum absolute atomic E-state index is 14.4. The molecule has 2 aromatic rings. The van der Waals surface area contributed by atoms with Gasteiger partial charge in [-0.1, -0.05) is 50.5 Å². The SMILES string of the molecule is CCCOc1ccc(-c2ccc(C3CCCCC3)cc2)c(F)c1F. The monoisotopic (exact) mass is 330 g/mol. The number of hydrogen-bond donors (Lipinski definition) is 0. The summed E-state index contributed by atoms with van der Waals surface area (Å²) in [5.41, 5.74) is 2.29. The number of hydrogen-bond acceptors (Lipinski definition) is 1. The molecule has 1 nitrogen and oxygen atoms in total. The fourth-order valence-electron chi connectivity index (χ4n) is 3.45. The smallest absolute Gasteiger partial charge is 0.201 e. The van der Waals surface area contributed by atoms with Gasteiger partial charge in [-0.15, -0.1) is 0 Å². The minimum atomic E-state index is -0.905. The molecule has 0 heterocycles. The van der Waals surface area contributed by atoms with Crippen LogP contribution in [0.4, 0.5) is 8.78 Å². The summed E-state index contributed by atoms with van der Waals surface area (Å²) in [5, 5.41) is 0. The largest absolute Gasteiger partial charge is 0.490 e. The van der Waals surface area contributed by atoms with E-state index in [1.807, 2.05) is 19.1 Å². The van der Waals surface area contributed by atoms with Crippen LogP contribution < -0.4 is 4.74 Å². The lowest BCUT2D eigenvalue weighted by Gasteiger charge is -2.22. The van der Waals surface area contributed by atoms with Crippen LogP contribution in [0.5, 0.6) is 5.75 Å². The Balaban J connectivity index is 1.82. The molecule has 0 N–H and O–H groups in total. The first-order valence-corrected chi connectivity index (χ1v) is 8.92. The number of benzene rings is 2. The summed E-state index contributed by atoms with van der Waals surface area (Å²) in [6.45, 7) is 2.31. The lowest BCUT2D eigenvalue weighted by atomic mass is 9.83. The minimum absolute atomic E-state index is 0.0167. The Bertz CT molecular complexity index is 673. The summed E-state index contributed by atoms with van der Waals surface area (Å²) in [6.07, 6.45) is 7.10. The van der Waals surface area contributed by atoms with Gasteiger partial charge in [-0.3, -0.25) is 0 Å². The zero-order valence-corrected chi connectivity index (χ0v) is 14.2. The highest BCUT2D eigenvalue weighted by Gasteiger charge is 2.18. The molecule has 0 radical (unpaired) electrons. The molecule has 0 amide bonds. The fraction of sp³-hybridized carbons (Fsp3) is 0.429. The molecule has 0 aliphatic heterocycles. The zero-order valence-electron chi connectivity index (χ0n) is 14.2. The van der Waals surface area contributed by atoms with Gasteiger partial charge in [-0.2, -0.15) is 4.39 Å². The Hall–Kier alpha value is -1.90. The number of rotatable bonds is 5. The van der Waals surface area contributed by atoms with Crippen molar-refractivity contribution in [1.29, 1.82) is 0 Å². The molecule has 1 saturated carbocycles. The molecule has 0 atom stereocenters. The maximum Gasteiger partial charge on any atom is 0.201 e. The van der Waals surface area contributed by atoms with Crippen LogP contribution in [0.3, 0.4) is 0 Å². The van der Waals surface area contributed by atoms with Crippen LogP contribution in [0, 0.1) is 11.6 Å². The predicted molar refractivity (Wildman–Crippen MR) is 93.4 cm³/mol. The van der Waals surface area contributed by atoms with E-state index in [2.05, 4.69) is 12.1 Å². The number of halogens is 2. The molecule has 3 heteroatoms. The number of ether oxygens (including phenoxy) is 1. The van der Waals surface area contributed by atoms with Gasteiger partial charge in [0.05, 0.1) is 6.61 Å². The Morgan fingerprint density at radius 3 is 2.29 bits per heavy atom. The molecule has 3 rings (SSSR count). The van der Waals surface area contributed by atoms with Crippen LogP contribution in [-0.4, -0.2) is 6.61 Å². The van der Waals surface area contributed by atoms with Crippen molar-refractivity contribution in [3.63, 3.8) is 0 Å². The quantitative estimate of drug-likeness (QED) is 0.610. The van der Waals surface area contributed by atoms with E-state index in [1.165, 1.54) is 43.7 Å². The van der Waals surface area contributed by atoms with E-state index < -0.39 is 11.6 Å². The lowest BCUT2D eigenvalue weighted by Crippen LogP contribution is -2.04. The highest BCUT2D eigenvalue weighted by Crippen LogP contribution is 2.35. The van der Waals surface area contributed by atoms with Crippen LogP contribution in [0.15, 0.2) is 36.4 Å². The van der Waals surface area contributed by atoms with Crippen molar-refractivity contribution >= 4 is 0 Å². The van der Waals surface area contributed by atoms with Crippen molar-refractivity contribution in [2.75, 3.05) is 6.61 Å². The van der Waals surface area contributed by atoms with E-state index in [9.17, 15) is 8.78 Å². The van der Waals surface area contributed by atoms with E-state index in [0.717, 1.165) is 6.42 Å². The lowest BCUT2D eigenvalue weighted by molar-refractivity contribution is 0.295. The minimum Gasteiger partial charge on any atom is -0.490 e. The molecular weight excluding hydrogens is 306 g/mol. The molecule has 0 bridgehead atoms. The summed E-state index contributed by atoms with van der Waals surface area (Å²) >= 11 is 0. The molecule has 1 aliphatic rings. The first-order valence-electron chi connectivity index (χ1n) is 8.92. The van der Waals surface area contributed by atoms with Gasteiger partial charge in [0.2, 0.25) is 5.82 Å². The second-order valence-corrected chi connectivity index (χ2v) is 6.54. The average molecular weight is 330 g/mol. The topological polar surface area (TPSA) is 9.23 Å². The summed E-state index contributed by atoms with van der Waals surface area (Å²) < 4.78 is 33.8. The van der Waals surface area contributed by atoms with Gasteiger partial charge >= 0.3 is 0 Å². The van der Waals surface area contributed by atoms with E-state index in [4.69, 9.17) is 4.74 Å². The second kappa shape index (κ2) is 7.78. The van der Waals surface area contributed by atoms with Crippen molar-refractivity contribution in [1.82, 2.24) is 0 Å². The van der Waals surface area contributed by atoms with Gasteiger partial charge in [0, 0.05) is 5.56 Å². The van der Waals surface area contributed by atoms with Crippen LogP contribution in [-0.2, 0) is 0 Å². The van der Waals surface area contributed by atoms with Gasteiger partial charge in [0.1, 0.15) is 0 Å². The normalized spacial score (nSPS) is 15.5. The third-order valence-electron chi connectivity index (χ3n) is 4.81. The third kappa shape index (κ3) is 3.61. The van der Waals surface area contributed by atoms with Crippen molar-refractivity contribution in [2.24, 2.45) is 0 Å². The van der Waals surface area contributed by atoms with Gasteiger partial charge in [-0.25, -0.2) is 4.39 Å². The highest BCUT2D eigenvalue weighted by molar-refractivity contribution is 5.65. The van der Waals surface area contributed by atoms with E-state index >= 15 is 0 Å². The van der Waals surface area contributed by atoms with Crippen molar-refractivity contribution < 1.29 is 13.5 Å². The molecule has 24 heavy (non-hydrogen) atoms. The van der Waals surface area contributed by atoms with Gasteiger partial charge in [-0.05, 0) is 48.4 Å². The van der Waals surface area contributed by atoms with Gasteiger partial charge in [0.25, 0.3) is 0 Å². The molecule has 0 aromatic heterocycles. The van der Waals surface area contributed by atoms with Crippen LogP contribution in [0.25, 0.3) is 11.1 Å². The van der Waals surface area contributed by atoms with E-state index in [-0.39, 0.29) is 11.3 Å².